The molecule has 90 valence electrons. The minimum Gasteiger partial charge on any atom is -0.493 e. The molecular weight excluding hydrogens is 210 g/mol. The Kier molecular flexibility index (Phi) is 4.72. The van der Waals surface area contributed by atoms with Crippen LogP contribution < -0.4 is 24.7 Å². The molecule has 0 amide bonds. The highest BCUT2D eigenvalue weighted by Crippen LogP contribution is 2.43. The van der Waals surface area contributed by atoms with Gasteiger partial charge >= 0.3 is 0 Å². The average molecular weight is 227 g/mol. The molecule has 2 N–H and O–H groups in total. The van der Waals surface area contributed by atoms with Crippen LogP contribution in [-0.2, 0) is 0 Å². The summed E-state index contributed by atoms with van der Waals surface area (Å²) in [5, 5.41) is 0. The van der Waals surface area contributed by atoms with Gasteiger partial charge in [0.15, 0.2) is 11.5 Å². The standard InChI is InChI=1S/C11H17NO4/c1-13-8-4-5-9(16-7-6-12)11(15-3)10(8)14-2/h4-5H,6-7,12H2,1-3H3. The molecule has 1 aromatic carbocycles. The maximum atomic E-state index is 5.43. The lowest BCUT2D eigenvalue weighted by Crippen LogP contribution is -2.11. The lowest BCUT2D eigenvalue weighted by Gasteiger charge is -2.15. The Hall–Kier alpha value is -1.62. The molecule has 5 heteroatoms. The van der Waals surface area contributed by atoms with Crippen molar-refractivity contribution in [1.29, 1.82) is 0 Å². The van der Waals surface area contributed by atoms with E-state index in [4.69, 9.17) is 24.7 Å². The number of nitrogens with two attached hydrogens (primary N) is 1. The Balaban J connectivity index is 3.10. The van der Waals surface area contributed by atoms with E-state index >= 15 is 0 Å². The van der Waals surface area contributed by atoms with Gasteiger partial charge in [-0.1, -0.05) is 0 Å². The van der Waals surface area contributed by atoms with Crippen molar-refractivity contribution in [3.8, 4) is 23.0 Å². The molecule has 0 aromatic heterocycles. The van der Waals surface area contributed by atoms with Crippen molar-refractivity contribution < 1.29 is 18.9 Å². The highest BCUT2D eigenvalue weighted by Gasteiger charge is 2.16. The van der Waals surface area contributed by atoms with Crippen molar-refractivity contribution in [2.75, 3.05) is 34.5 Å². The minimum atomic E-state index is 0.422. The number of ether oxygens (including phenoxy) is 4. The first kappa shape index (κ1) is 12.4. The first-order chi connectivity index (χ1) is 7.78. The van der Waals surface area contributed by atoms with Crippen molar-refractivity contribution in [3.63, 3.8) is 0 Å². The lowest BCUT2D eigenvalue weighted by atomic mass is 10.2. The summed E-state index contributed by atoms with van der Waals surface area (Å²) >= 11 is 0. The van der Waals surface area contributed by atoms with Crippen LogP contribution in [0.4, 0.5) is 0 Å². The molecule has 0 unspecified atom stereocenters. The van der Waals surface area contributed by atoms with E-state index in [2.05, 4.69) is 0 Å². The topological polar surface area (TPSA) is 62.9 Å². The average Bonchev–Trinajstić information content (AvgIpc) is 2.34. The van der Waals surface area contributed by atoms with Gasteiger partial charge in [0.2, 0.25) is 11.5 Å². The van der Waals surface area contributed by atoms with Gasteiger partial charge in [0.1, 0.15) is 6.61 Å². The van der Waals surface area contributed by atoms with Crippen molar-refractivity contribution in [2.45, 2.75) is 0 Å². The Labute approximate surface area is 95.1 Å². The zero-order valence-corrected chi connectivity index (χ0v) is 9.78. The summed E-state index contributed by atoms with van der Waals surface area (Å²) in [6, 6.07) is 3.52. The van der Waals surface area contributed by atoms with Gasteiger partial charge in [-0.05, 0) is 12.1 Å². The van der Waals surface area contributed by atoms with Crippen LogP contribution in [0.5, 0.6) is 23.0 Å². The maximum Gasteiger partial charge on any atom is 0.207 e. The summed E-state index contributed by atoms with van der Waals surface area (Å²) in [5.41, 5.74) is 5.37. The van der Waals surface area contributed by atoms with Gasteiger partial charge in [0.25, 0.3) is 0 Å². The van der Waals surface area contributed by atoms with Crippen LogP contribution in [0, 0.1) is 0 Å². The zero-order chi connectivity index (χ0) is 12.0. The third kappa shape index (κ3) is 2.49. The predicted octanol–water partition coefficient (Wildman–Crippen LogP) is 1.05. The largest absolute Gasteiger partial charge is 0.493 e. The highest BCUT2D eigenvalue weighted by molar-refractivity contribution is 5.58. The molecule has 0 saturated carbocycles. The zero-order valence-electron chi connectivity index (χ0n) is 9.78. The molecule has 1 aromatic rings. The van der Waals surface area contributed by atoms with Gasteiger partial charge in [-0.25, -0.2) is 0 Å². The highest BCUT2D eigenvalue weighted by atomic mass is 16.5. The second-order valence-corrected chi connectivity index (χ2v) is 2.97. The summed E-state index contributed by atoms with van der Waals surface area (Å²) in [6.45, 7) is 0.864. The smallest absolute Gasteiger partial charge is 0.207 e. The summed E-state index contributed by atoms with van der Waals surface area (Å²) in [7, 11) is 4.66. The van der Waals surface area contributed by atoms with Gasteiger partial charge in [0, 0.05) is 6.54 Å². The van der Waals surface area contributed by atoms with Gasteiger partial charge < -0.3 is 24.7 Å². The molecule has 0 aliphatic carbocycles. The van der Waals surface area contributed by atoms with E-state index in [1.807, 2.05) is 0 Å². The fourth-order valence-electron chi connectivity index (χ4n) is 1.36. The number of hydrogen-bond donors (Lipinski definition) is 1. The molecular formula is C11H17NO4. The third-order valence-corrected chi connectivity index (χ3v) is 2.04. The van der Waals surface area contributed by atoms with Crippen LogP contribution in [-0.4, -0.2) is 34.5 Å². The molecule has 5 nitrogen and oxygen atoms in total. The van der Waals surface area contributed by atoms with Crippen molar-refractivity contribution in [3.05, 3.63) is 12.1 Å². The Morgan fingerprint density at radius 1 is 0.938 bits per heavy atom. The number of methoxy groups -OCH3 is 3. The minimum absolute atomic E-state index is 0.422. The lowest BCUT2D eigenvalue weighted by molar-refractivity contribution is 0.282. The molecule has 0 saturated heterocycles. The molecule has 0 heterocycles. The number of rotatable bonds is 6. The summed E-state index contributed by atoms with van der Waals surface area (Å²) < 4.78 is 21.0. The second kappa shape index (κ2) is 6.07. The molecule has 0 atom stereocenters. The molecule has 0 aliphatic heterocycles. The van der Waals surface area contributed by atoms with Crippen molar-refractivity contribution >= 4 is 0 Å². The molecule has 0 fully saturated rings. The first-order valence-corrected chi connectivity index (χ1v) is 4.90. The van der Waals surface area contributed by atoms with Crippen molar-refractivity contribution in [2.24, 2.45) is 5.73 Å². The van der Waals surface area contributed by atoms with E-state index in [1.165, 1.54) is 0 Å². The summed E-state index contributed by atoms with van der Waals surface area (Å²) in [4.78, 5) is 0. The number of hydrogen-bond acceptors (Lipinski definition) is 5. The third-order valence-electron chi connectivity index (χ3n) is 2.04. The predicted molar refractivity (Wildman–Crippen MR) is 60.6 cm³/mol. The van der Waals surface area contributed by atoms with Crippen LogP contribution in [0.2, 0.25) is 0 Å². The second-order valence-electron chi connectivity index (χ2n) is 2.97. The van der Waals surface area contributed by atoms with E-state index in [9.17, 15) is 0 Å². The maximum absolute atomic E-state index is 5.43. The van der Waals surface area contributed by atoms with E-state index in [-0.39, 0.29) is 0 Å². The van der Waals surface area contributed by atoms with Gasteiger partial charge in [-0.2, -0.15) is 0 Å². The Morgan fingerprint density at radius 3 is 2.00 bits per heavy atom. The summed E-state index contributed by atoms with van der Waals surface area (Å²) in [5.74, 6) is 2.21. The van der Waals surface area contributed by atoms with E-state index < -0.39 is 0 Å². The fraction of sp³-hybridized carbons (Fsp3) is 0.455. The van der Waals surface area contributed by atoms with Crippen LogP contribution in [0.15, 0.2) is 12.1 Å². The van der Waals surface area contributed by atoms with Gasteiger partial charge in [0.05, 0.1) is 21.3 Å². The monoisotopic (exact) mass is 227 g/mol. The van der Waals surface area contributed by atoms with Crippen LogP contribution in [0.1, 0.15) is 0 Å². The summed E-state index contributed by atoms with van der Waals surface area (Å²) in [6.07, 6.45) is 0. The van der Waals surface area contributed by atoms with E-state index in [1.54, 1.807) is 33.5 Å². The van der Waals surface area contributed by atoms with Crippen LogP contribution in [0.25, 0.3) is 0 Å². The molecule has 1 rings (SSSR count). The Bertz CT molecular complexity index is 341. The fourth-order valence-corrected chi connectivity index (χ4v) is 1.36. The van der Waals surface area contributed by atoms with E-state index in [0.717, 1.165) is 0 Å². The van der Waals surface area contributed by atoms with E-state index in [0.29, 0.717) is 36.1 Å². The molecule has 0 spiro atoms. The number of benzene rings is 1. The molecule has 0 radical (unpaired) electrons. The van der Waals surface area contributed by atoms with Crippen LogP contribution >= 0.6 is 0 Å². The molecule has 16 heavy (non-hydrogen) atoms. The quantitative estimate of drug-likeness (QED) is 0.787. The van der Waals surface area contributed by atoms with Gasteiger partial charge in [-0.3, -0.25) is 0 Å². The molecule has 0 bridgehead atoms. The van der Waals surface area contributed by atoms with Crippen molar-refractivity contribution in [1.82, 2.24) is 0 Å². The van der Waals surface area contributed by atoms with Crippen LogP contribution in [0.3, 0.4) is 0 Å². The van der Waals surface area contributed by atoms with Gasteiger partial charge in [-0.15, -0.1) is 0 Å². The Morgan fingerprint density at radius 2 is 1.50 bits per heavy atom. The first-order valence-electron chi connectivity index (χ1n) is 4.90. The molecule has 0 aliphatic rings. The normalized spacial score (nSPS) is 9.75. The SMILES string of the molecule is COc1ccc(OCCN)c(OC)c1OC.